The first kappa shape index (κ1) is 35.6. The summed E-state index contributed by atoms with van der Waals surface area (Å²) in [4.78, 5) is 46.5. The molecule has 1 unspecified atom stereocenters. The Balaban J connectivity index is 1.43. The lowest BCUT2D eigenvalue weighted by atomic mass is 9.85. The number of carbonyl (C=O) groups is 3. The molecule has 2 aliphatic carbocycles. The zero-order chi connectivity index (χ0) is 35.2. The maximum Gasteiger partial charge on any atom is 0.408 e. The highest BCUT2D eigenvalue weighted by molar-refractivity contribution is 7.91. The maximum absolute atomic E-state index is 14.2. The van der Waals surface area contributed by atoms with Gasteiger partial charge in [-0.15, -0.1) is 6.58 Å². The fourth-order valence-corrected chi connectivity index (χ4v) is 7.55. The second-order valence-corrected chi connectivity index (χ2v) is 17.1. The molecule has 14 heteroatoms. The molecule has 3 amide bonds. The van der Waals surface area contributed by atoms with Crippen LogP contribution in [-0.2, 0) is 24.3 Å². The molecule has 1 aliphatic heterocycles. The average Bonchev–Trinajstić information content (AvgIpc) is 3.91. The molecule has 13 nitrogen and oxygen atoms in total. The molecular weight excluding hydrogens is 638 g/mol. The monoisotopic (exact) mass is 685 g/mol. The zero-order valence-electron chi connectivity index (χ0n) is 28.4. The minimum atomic E-state index is -3.87. The second-order valence-electron chi connectivity index (χ2n) is 15.1. The highest BCUT2D eigenvalue weighted by atomic mass is 32.2. The summed E-state index contributed by atoms with van der Waals surface area (Å²) >= 11 is 0. The molecule has 3 aliphatic rings. The number of pyridine rings is 1. The van der Waals surface area contributed by atoms with Crippen molar-refractivity contribution in [3.63, 3.8) is 0 Å². The number of nitrogens with one attached hydrogen (secondary N) is 3. The molecule has 2 aromatic rings. The number of benzene rings is 1. The number of likely N-dealkylation sites (tertiary alicyclic amines) is 1. The van der Waals surface area contributed by atoms with Gasteiger partial charge in [-0.3, -0.25) is 19.2 Å². The molecule has 6 atom stereocenters. The molecule has 0 radical (unpaired) electrons. The molecule has 1 saturated heterocycles. The predicted octanol–water partition coefficient (Wildman–Crippen LogP) is 2.98. The van der Waals surface area contributed by atoms with Crippen LogP contribution < -0.4 is 20.1 Å². The van der Waals surface area contributed by atoms with Crippen LogP contribution in [0.4, 0.5) is 4.79 Å². The zero-order valence-corrected chi connectivity index (χ0v) is 29.2. The van der Waals surface area contributed by atoms with E-state index >= 15 is 0 Å². The van der Waals surface area contributed by atoms with Crippen LogP contribution in [-0.4, -0.2) is 88.7 Å². The van der Waals surface area contributed by atoms with E-state index < -0.39 is 80.1 Å². The molecule has 3 fully saturated rings. The van der Waals surface area contributed by atoms with E-state index in [1.54, 1.807) is 27.0 Å². The first-order valence-electron chi connectivity index (χ1n) is 16.3. The summed E-state index contributed by atoms with van der Waals surface area (Å²) in [5.41, 5.74) is -2.99. The van der Waals surface area contributed by atoms with Crippen molar-refractivity contribution in [2.75, 3.05) is 6.54 Å². The van der Waals surface area contributed by atoms with Gasteiger partial charge in [0.15, 0.2) is 0 Å². The number of alkyl carbamates (subject to hydrolysis) is 1. The van der Waals surface area contributed by atoms with E-state index in [0.717, 1.165) is 10.8 Å². The van der Waals surface area contributed by atoms with Crippen LogP contribution in [0.25, 0.3) is 10.8 Å². The number of fused-ring (bicyclic) bond motifs is 1. The van der Waals surface area contributed by atoms with Gasteiger partial charge in [-0.25, -0.2) is 18.2 Å². The van der Waals surface area contributed by atoms with Gasteiger partial charge in [-0.1, -0.05) is 45.0 Å². The molecule has 0 spiro atoms. The van der Waals surface area contributed by atoms with Crippen LogP contribution in [0.15, 0.2) is 49.2 Å². The molecule has 262 valence electrons. The molecule has 48 heavy (non-hydrogen) atoms. The smallest absolute Gasteiger partial charge is 0.408 e. The standard InChI is InChI=1S/C34H47N5O8S/c1-8-21-18-34(21,30(42)38-48(44,45)23-13-14-23)37-27(40)25-17-22(46-28-24-12-10-9-11-20(24)15-16-35-28)19-39(25)29(41)26(32(2,3)4)36-31(43)47-33(5,6)7/h8-12,15-16,21-23,25-26,29,41H,1,13-14,17-19H2,2-7H3,(H,36,43)(H,37,40)(H,38,42)/t21-,22-,25+,26-,29?,34-/m1/s1. The Morgan fingerprint density at radius 3 is 2.42 bits per heavy atom. The van der Waals surface area contributed by atoms with Crippen LogP contribution in [0.3, 0.4) is 0 Å². The fraction of sp³-hybridized carbons (Fsp3) is 0.588. The Hall–Kier alpha value is -3.75. The van der Waals surface area contributed by atoms with Crippen LogP contribution in [0.1, 0.15) is 67.2 Å². The Bertz CT molecular complexity index is 1680. The molecule has 5 rings (SSSR count). The third kappa shape index (κ3) is 7.76. The number of carbonyl (C=O) groups excluding carboxylic acids is 3. The SMILES string of the molecule is C=C[C@@H]1C[C@]1(NC(=O)[C@@H]1C[C@@H](Oc2nccc3ccccc23)CN1C(O)[C@@H](NC(=O)OC(C)(C)C)C(C)(C)C)C(=O)NS(=O)(=O)C1CC1. The number of hydrogen-bond donors (Lipinski definition) is 4. The van der Waals surface area contributed by atoms with Gasteiger partial charge in [0, 0.05) is 30.5 Å². The summed E-state index contributed by atoms with van der Waals surface area (Å²) in [6, 6.07) is 7.51. The van der Waals surface area contributed by atoms with Crippen molar-refractivity contribution in [3.05, 3.63) is 49.2 Å². The Morgan fingerprint density at radius 1 is 1.12 bits per heavy atom. The van der Waals surface area contributed by atoms with Gasteiger partial charge in [0.2, 0.25) is 21.8 Å². The summed E-state index contributed by atoms with van der Waals surface area (Å²) in [7, 11) is -3.87. The van der Waals surface area contributed by atoms with Gasteiger partial charge in [-0.05, 0) is 63.0 Å². The minimum Gasteiger partial charge on any atom is -0.472 e. The van der Waals surface area contributed by atoms with Crippen molar-refractivity contribution in [1.82, 2.24) is 25.2 Å². The van der Waals surface area contributed by atoms with E-state index in [4.69, 9.17) is 9.47 Å². The number of aliphatic hydroxyl groups is 1. The van der Waals surface area contributed by atoms with Crippen LogP contribution in [0.5, 0.6) is 5.88 Å². The van der Waals surface area contributed by atoms with E-state index in [1.807, 2.05) is 51.1 Å². The van der Waals surface area contributed by atoms with Crippen LogP contribution in [0.2, 0.25) is 0 Å². The van der Waals surface area contributed by atoms with Crippen molar-refractivity contribution in [1.29, 1.82) is 0 Å². The van der Waals surface area contributed by atoms with E-state index in [0.29, 0.717) is 18.7 Å². The van der Waals surface area contributed by atoms with Crippen molar-refractivity contribution in [2.24, 2.45) is 11.3 Å². The number of aromatic nitrogens is 1. The lowest BCUT2D eigenvalue weighted by Gasteiger charge is -2.40. The van der Waals surface area contributed by atoms with Gasteiger partial charge in [0.25, 0.3) is 5.91 Å². The number of rotatable bonds is 11. The number of ether oxygens (including phenoxy) is 2. The number of sulfonamides is 1. The summed E-state index contributed by atoms with van der Waals surface area (Å²) in [6.45, 7) is 14.6. The van der Waals surface area contributed by atoms with Gasteiger partial charge >= 0.3 is 6.09 Å². The average molecular weight is 686 g/mol. The predicted molar refractivity (Wildman–Crippen MR) is 179 cm³/mol. The molecule has 0 bridgehead atoms. The lowest BCUT2D eigenvalue weighted by molar-refractivity contribution is -0.136. The quantitative estimate of drug-likeness (QED) is 0.257. The molecule has 1 aromatic heterocycles. The number of hydrogen-bond acceptors (Lipinski definition) is 10. The summed E-state index contributed by atoms with van der Waals surface area (Å²) in [6.07, 6.45) is 1.63. The Kier molecular flexibility index (Phi) is 9.58. The van der Waals surface area contributed by atoms with E-state index in [-0.39, 0.29) is 19.4 Å². The third-order valence-electron chi connectivity index (χ3n) is 9.01. The van der Waals surface area contributed by atoms with Crippen molar-refractivity contribution >= 4 is 38.7 Å². The van der Waals surface area contributed by atoms with Crippen molar-refractivity contribution < 1.29 is 37.4 Å². The topological polar surface area (TPSA) is 176 Å². The third-order valence-corrected chi connectivity index (χ3v) is 10.8. The largest absolute Gasteiger partial charge is 0.472 e. The van der Waals surface area contributed by atoms with Crippen LogP contribution in [0, 0.1) is 11.3 Å². The number of aliphatic hydroxyl groups excluding tert-OH is 1. The highest BCUT2D eigenvalue weighted by Crippen LogP contribution is 2.45. The molecule has 4 N–H and O–H groups in total. The van der Waals surface area contributed by atoms with Gasteiger partial charge < -0.3 is 25.2 Å². The van der Waals surface area contributed by atoms with Gasteiger partial charge in [0.05, 0.1) is 17.3 Å². The highest BCUT2D eigenvalue weighted by Gasteiger charge is 2.62. The maximum atomic E-state index is 14.2. The van der Waals surface area contributed by atoms with E-state index in [2.05, 4.69) is 26.9 Å². The minimum absolute atomic E-state index is 0.0763. The summed E-state index contributed by atoms with van der Waals surface area (Å²) in [5, 5.41) is 18.6. The van der Waals surface area contributed by atoms with Gasteiger partial charge in [-0.2, -0.15) is 0 Å². The number of nitrogens with zero attached hydrogens (tertiary/aromatic N) is 2. The van der Waals surface area contributed by atoms with E-state index in [9.17, 15) is 27.9 Å². The normalized spacial score (nSPS) is 25.9. The molecule has 2 saturated carbocycles. The molecule has 1 aromatic carbocycles. The molecule has 2 heterocycles. The van der Waals surface area contributed by atoms with Crippen molar-refractivity contribution in [2.45, 2.75) is 108 Å². The Labute approximate surface area is 281 Å². The lowest BCUT2D eigenvalue weighted by Crippen LogP contribution is -2.62. The first-order chi connectivity index (χ1) is 22.3. The second kappa shape index (κ2) is 12.9. The van der Waals surface area contributed by atoms with Crippen molar-refractivity contribution in [3.8, 4) is 5.88 Å². The van der Waals surface area contributed by atoms with Crippen LogP contribution >= 0.6 is 0 Å². The summed E-state index contributed by atoms with van der Waals surface area (Å²) < 4.78 is 39.3. The van der Waals surface area contributed by atoms with Gasteiger partial charge in [0.1, 0.15) is 23.5 Å². The number of amides is 3. The summed E-state index contributed by atoms with van der Waals surface area (Å²) in [5.74, 6) is -1.54. The van der Waals surface area contributed by atoms with E-state index in [1.165, 1.54) is 11.0 Å². The molecular formula is C34H47N5O8S. The fourth-order valence-electron chi connectivity index (χ4n) is 6.18. The first-order valence-corrected chi connectivity index (χ1v) is 17.8. The Morgan fingerprint density at radius 2 is 1.81 bits per heavy atom.